The van der Waals surface area contributed by atoms with Gasteiger partial charge in [0.25, 0.3) is 0 Å². The van der Waals surface area contributed by atoms with E-state index < -0.39 is 16.2 Å². The Kier molecular flexibility index (Phi) is 2.26. The van der Waals surface area contributed by atoms with Gasteiger partial charge in [-0.05, 0) is 0 Å². The maximum absolute atomic E-state index is 10.6. The highest BCUT2D eigenvalue weighted by Crippen LogP contribution is 2.27. The SMILES string of the molecule is O=C(O)[C@H]1CS[S+]([O-])C1. The molecule has 1 rings (SSSR count). The van der Waals surface area contributed by atoms with E-state index in [1.165, 1.54) is 10.8 Å². The molecular weight excluding hydrogens is 160 g/mol. The lowest BCUT2D eigenvalue weighted by Gasteiger charge is -1.96. The molecule has 0 bridgehead atoms. The van der Waals surface area contributed by atoms with Crippen molar-refractivity contribution in [1.29, 1.82) is 0 Å². The summed E-state index contributed by atoms with van der Waals surface area (Å²) in [5, 5.41) is 8.38. The molecule has 3 nitrogen and oxygen atoms in total. The molecule has 0 aromatic heterocycles. The van der Waals surface area contributed by atoms with Crippen molar-refractivity contribution in [1.82, 2.24) is 0 Å². The highest BCUT2D eigenvalue weighted by molar-refractivity contribution is 8.72. The van der Waals surface area contributed by atoms with Gasteiger partial charge in [0.2, 0.25) is 0 Å². The van der Waals surface area contributed by atoms with Crippen LogP contribution < -0.4 is 0 Å². The van der Waals surface area contributed by atoms with Crippen molar-refractivity contribution in [3.8, 4) is 0 Å². The van der Waals surface area contributed by atoms with E-state index in [4.69, 9.17) is 5.11 Å². The molecule has 1 N–H and O–H groups in total. The molecule has 2 atom stereocenters. The zero-order valence-electron chi connectivity index (χ0n) is 4.57. The Balaban J connectivity index is 2.39. The zero-order valence-corrected chi connectivity index (χ0v) is 6.20. The molecule has 0 aromatic carbocycles. The molecule has 1 fully saturated rings. The van der Waals surface area contributed by atoms with Crippen molar-refractivity contribution in [2.75, 3.05) is 11.5 Å². The first-order valence-corrected chi connectivity index (χ1v) is 5.26. The first-order valence-electron chi connectivity index (χ1n) is 2.44. The molecule has 1 aliphatic rings. The van der Waals surface area contributed by atoms with Crippen LogP contribution in [-0.2, 0) is 15.0 Å². The van der Waals surface area contributed by atoms with E-state index in [9.17, 15) is 9.35 Å². The fraction of sp³-hybridized carbons (Fsp3) is 0.750. The Morgan fingerprint density at radius 3 is 2.78 bits per heavy atom. The third-order valence-electron chi connectivity index (χ3n) is 1.09. The van der Waals surface area contributed by atoms with E-state index >= 15 is 0 Å². The molecule has 1 aliphatic heterocycles. The third-order valence-corrected chi connectivity index (χ3v) is 4.17. The second-order valence-corrected chi connectivity index (χ2v) is 5.12. The van der Waals surface area contributed by atoms with Crippen LogP contribution in [0.2, 0.25) is 0 Å². The van der Waals surface area contributed by atoms with Gasteiger partial charge < -0.3 is 9.66 Å². The smallest absolute Gasteiger partial charge is 0.312 e. The van der Waals surface area contributed by atoms with Crippen LogP contribution in [0.3, 0.4) is 0 Å². The second kappa shape index (κ2) is 2.81. The Morgan fingerprint density at radius 1 is 1.89 bits per heavy atom. The zero-order chi connectivity index (χ0) is 6.85. The molecule has 0 radical (unpaired) electrons. The third kappa shape index (κ3) is 1.77. The monoisotopic (exact) mass is 166 g/mol. The number of hydrogen-bond acceptors (Lipinski definition) is 3. The van der Waals surface area contributed by atoms with Gasteiger partial charge in [-0.15, -0.1) is 0 Å². The Hall–Kier alpha value is 0.130. The van der Waals surface area contributed by atoms with Crippen molar-refractivity contribution in [2.45, 2.75) is 0 Å². The molecule has 1 saturated heterocycles. The molecular formula is C4H6O3S2. The topological polar surface area (TPSA) is 60.4 Å². The summed E-state index contributed by atoms with van der Waals surface area (Å²) < 4.78 is 10.6. The number of carboxylic acids is 1. The summed E-state index contributed by atoms with van der Waals surface area (Å²) in [6, 6.07) is 0. The molecule has 1 unspecified atom stereocenters. The summed E-state index contributed by atoms with van der Waals surface area (Å²) in [4.78, 5) is 10.2. The quantitative estimate of drug-likeness (QED) is 0.443. The van der Waals surface area contributed by atoms with Gasteiger partial charge in [-0.2, -0.15) is 0 Å². The van der Waals surface area contributed by atoms with Gasteiger partial charge >= 0.3 is 5.97 Å². The van der Waals surface area contributed by atoms with Gasteiger partial charge in [0.15, 0.2) is 0 Å². The minimum atomic E-state index is -0.938. The number of aliphatic carboxylic acids is 1. The van der Waals surface area contributed by atoms with Crippen LogP contribution in [0.25, 0.3) is 0 Å². The normalized spacial score (nSPS) is 34.8. The van der Waals surface area contributed by atoms with Crippen LogP contribution >= 0.6 is 10.8 Å². The Labute approximate surface area is 59.4 Å². The second-order valence-electron chi connectivity index (χ2n) is 1.79. The van der Waals surface area contributed by atoms with E-state index in [-0.39, 0.29) is 5.92 Å². The molecule has 9 heavy (non-hydrogen) atoms. The fourth-order valence-electron chi connectivity index (χ4n) is 0.561. The summed E-state index contributed by atoms with van der Waals surface area (Å²) >= 11 is 0. The van der Waals surface area contributed by atoms with Gasteiger partial charge in [-0.1, -0.05) is 0 Å². The standard InChI is InChI=1S/C4H6O3S2/c5-4(6)3-1-8-9(7)2-3/h3H,1-2H2,(H,5,6)/t3-,9?/m0/s1. The lowest BCUT2D eigenvalue weighted by atomic mass is 10.2. The molecule has 0 aliphatic carbocycles. The van der Waals surface area contributed by atoms with E-state index in [2.05, 4.69) is 0 Å². The van der Waals surface area contributed by atoms with Crippen molar-refractivity contribution in [2.24, 2.45) is 5.92 Å². The highest BCUT2D eigenvalue weighted by Gasteiger charge is 2.33. The molecule has 0 amide bonds. The predicted molar refractivity (Wildman–Crippen MR) is 36.6 cm³/mol. The lowest BCUT2D eigenvalue weighted by molar-refractivity contribution is -0.140. The molecule has 52 valence electrons. The number of hydrogen-bond donors (Lipinski definition) is 1. The molecule has 0 saturated carbocycles. The first kappa shape index (κ1) is 7.24. The van der Waals surface area contributed by atoms with Crippen LogP contribution in [0.1, 0.15) is 0 Å². The summed E-state index contributed by atoms with van der Waals surface area (Å²) in [5.41, 5.74) is 0. The van der Waals surface area contributed by atoms with Gasteiger partial charge in [0.1, 0.15) is 11.7 Å². The fourth-order valence-corrected chi connectivity index (χ4v) is 3.70. The summed E-state index contributed by atoms with van der Waals surface area (Å²) in [6.07, 6.45) is 0. The van der Waals surface area contributed by atoms with E-state index in [1.54, 1.807) is 0 Å². The lowest BCUT2D eigenvalue weighted by Crippen LogP contribution is -2.16. The van der Waals surface area contributed by atoms with E-state index in [0.29, 0.717) is 11.5 Å². The summed E-state index contributed by atoms with van der Waals surface area (Å²) in [6.45, 7) is 0. The maximum atomic E-state index is 10.6. The number of carboxylic acid groups (broad SMARTS) is 1. The molecule has 0 spiro atoms. The van der Waals surface area contributed by atoms with Crippen molar-refractivity contribution in [3.63, 3.8) is 0 Å². The average Bonchev–Trinajstić information content (AvgIpc) is 2.14. The van der Waals surface area contributed by atoms with Crippen LogP contribution in [0.4, 0.5) is 0 Å². The van der Waals surface area contributed by atoms with Gasteiger partial charge in [-0.25, -0.2) is 0 Å². The number of carbonyl (C=O) groups is 1. The average molecular weight is 166 g/mol. The van der Waals surface area contributed by atoms with E-state index in [0.717, 1.165) is 0 Å². The Bertz CT molecular complexity index is 127. The van der Waals surface area contributed by atoms with E-state index in [1.807, 2.05) is 0 Å². The van der Waals surface area contributed by atoms with Gasteiger partial charge in [0.05, 0.1) is 16.5 Å². The van der Waals surface area contributed by atoms with Crippen LogP contribution in [0, 0.1) is 5.92 Å². The molecule has 5 heteroatoms. The van der Waals surface area contributed by atoms with Crippen LogP contribution in [0.5, 0.6) is 0 Å². The van der Waals surface area contributed by atoms with Crippen molar-refractivity contribution >= 4 is 27.0 Å². The van der Waals surface area contributed by atoms with Crippen LogP contribution in [-0.4, -0.2) is 27.1 Å². The highest BCUT2D eigenvalue weighted by atomic mass is 33.1. The number of rotatable bonds is 1. The van der Waals surface area contributed by atoms with Crippen molar-refractivity contribution in [3.05, 3.63) is 0 Å². The van der Waals surface area contributed by atoms with Crippen molar-refractivity contribution < 1.29 is 14.5 Å². The summed E-state index contributed by atoms with van der Waals surface area (Å²) in [5.74, 6) is -0.383. The predicted octanol–water partition coefficient (Wildman–Crippen LogP) is 0.0977. The Morgan fingerprint density at radius 2 is 2.56 bits per heavy atom. The summed E-state index contributed by atoms with van der Waals surface area (Å²) in [7, 11) is 0.287. The minimum absolute atomic E-state index is 0.319. The maximum Gasteiger partial charge on any atom is 0.312 e. The largest absolute Gasteiger partial charge is 0.605 e. The molecule has 0 aromatic rings. The van der Waals surface area contributed by atoms with Crippen LogP contribution in [0.15, 0.2) is 0 Å². The molecule has 1 heterocycles. The van der Waals surface area contributed by atoms with Gasteiger partial charge in [0, 0.05) is 10.2 Å². The minimum Gasteiger partial charge on any atom is -0.605 e. The first-order chi connectivity index (χ1) is 4.20. The van der Waals surface area contributed by atoms with Gasteiger partial charge in [-0.3, -0.25) is 4.79 Å².